The Labute approximate surface area is 112 Å². The van der Waals surface area contributed by atoms with Crippen molar-refractivity contribution >= 4 is 10.0 Å². The molecule has 0 spiro atoms. The lowest BCUT2D eigenvalue weighted by molar-refractivity contribution is 0.125. The Kier molecular flexibility index (Phi) is 5.00. The fraction of sp³-hybridized carbons (Fsp3) is 0.583. The molecule has 19 heavy (non-hydrogen) atoms. The molecular weight excluding hydrogens is 271 g/mol. The molecule has 1 rings (SSSR count). The molecule has 0 bridgehead atoms. The van der Waals surface area contributed by atoms with E-state index in [1.165, 1.54) is 0 Å². The smallest absolute Gasteiger partial charge is 0.242 e. The lowest BCUT2D eigenvalue weighted by Crippen LogP contribution is -2.34. The van der Waals surface area contributed by atoms with Gasteiger partial charge >= 0.3 is 0 Å². The van der Waals surface area contributed by atoms with Crippen LogP contribution in [0.5, 0.6) is 0 Å². The zero-order valence-electron chi connectivity index (χ0n) is 11.2. The van der Waals surface area contributed by atoms with E-state index in [-0.39, 0.29) is 16.9 Å². The molecule has 108 valence electrons. The van der Waals surface area contributed by atoms with Crippen molar-refractivity contribution in [1.29, 1.82) is 0 Å². The van der Waals surface area contributed by atoms with Crippen LogP contribution in [-0.4, -0.2) is 31.2 Å². The van der Waals surface area contributed by atoms with Gasteiger partial charge in [0, 0.05) is 12.7 Å². The van der Waals surface area contributed by atoms with Crippen molar-refractivity contribution < 1.29 is 17.9 Å². The van der Waals surface area contributed by atoms with Crippen molar-refractivity contribution in [3.8, 4) is 0 Å². The maximum Gasteiger partial charge on any atom is 0.242 e. The molecule has 1 heterocycles. The van der Waals surface area contributed by atoms with Crippen molar-refractivity contribution in [3.63, 3.8) is 0 Å². The van der Waals surface area contributed by atoms with Gasteiger partial charge in [0.2, 0.25) is 10.0 Å². The van der Waals surface area contributed by atoms with Gasteiger partial charge in [0.25, 0.3) is 0 Å². The molecule has 0 aliphatic carbocycles. The molecule has 7 heteroatoms. The second kappa shape index (κ2) is 5.94. The third-order valence-electron chi connectivity index (χ3n) is 2.35. The van der Waals surface area contributed by atoms with Crippen LogP contribution in [-0.2, 0) is 10.0 Å². The summed E-state index contributed by atoms with van der Waals surface area (Å²) >= 11 is 0. The van der Waals surface area contributed by atoms with Gasteiger partial charge in [-0.2, -0.15) is 0 Å². The van der Waals surface area contributed by atoms with Gasteiger partial charge in [0.15, 0.2) is 0 Å². The predicted molar refractivity (Wildman–Crippen MR) is 69.5 cm³/mol. The normalized spacial score (nSPS) is 14.4. The summed E-state index contributed by atoms with van der Waals surface area (Å²) in [4.78, 5) is 3.23. The number of nitrogens with one attached hydrogen (secondary N) is 1. The SMILES string of the molecule is CC(C)(C)CC(O)CNS(=O)(=O)c1cncc(F)c1. The van der Waals surface area contributed by atoms with Gasteiger partial charge in [0.05, 0.1) is 12.3 Å². The molecule has 0 aliphatic rings. The molecule has 1 aromatic heterocycles. The maximum atomic E-state index is 12.9. The quantitative estimate of drug-likeness (QED) is 0.856. The Bertz CT molecular complexity index is 526. The molecule has 0 amide bonds. The van der Waals surface area contributed by atoms with Crippen LogP contribution in [0.1, 0.15) is 27.2 Å². The van der Waals surface area contributed by atoms with Crippen molar-refractivity contribution in [2.45, 2.75) is 38.2 Å². The molecular formula is C12H19FN2O3S. The molecule has 0 saturated heterocycles. The Balaban J connectivity index is 2.66. The fourth-order valence-corrected chi connectivity index (χ4v) is 2.65. The zero-order valence-corrected chi connectivity index (χ0v) is 12.0. The minimum atomic E-state index is -3.85. The van der Waals surface area contributed by atoms with Gasteiger partial charge in [-0.25, -0.2) is 17.5 Å². The molecule has 1 unspecified atom stereocenters. The first-order valence-electron chi connectivity index (χ1n) is 5.88. The molecule has 0 radical (unpaired) electrons. The molecule has 1 atom stereocenters. The number of aliphatic hydroxyl groups is 1. The highest BCUT2D eigenvalue weighted by Crippen LogP contribution is 2.20. The number of aliphatic hydroxyl groups excluding tert-OH is 1. The van der Waals surface area contributed by atoms with Crippen LogP contribution >= 0.6 is 0 Å². The topological polar surface area (TPSA) is 79.3 Å². The van der Waals surface area contributed by atoms with E-state index in [9.17, 15) is 17.9 Å². The van der Waals surface area contributed by atoms with Crippen molar-refractivity contribution in [3.05, 3.63) is 24.3 Å². The van der Waals surface area contributed by atoms with Gasteiger partial charge in [-0.15, -0.1) is 0 Å². The van der Waals surface area contributed by atoms with Crippen LogP contribution < -0.4 is 4.72 Å². The van der Waals surface area contributed by atoms with Crippen molar-refractivity contribution in [1.82, 2.24) is 9.71 Å². The number of pyridine rings is 1. The Morgan fingerprint density at radius 2 is 2.05 bits per heavy atom. The summed E-state index contributed by atoms with van der Waals surface area (Å²) in [6.45, 7) is 5.72. The first kappa shape index (κ1) is 16.0. The fourth-order valence-electron chi connectivity index (χ4n) is 1.61. The van der Waals surface area contributed by atoms with Gasteiger partial charge in [0.1, 0.15) is 10.7 Å². The molecule has 1 aromatic rings. The predicted octanol–water partition coefficient (Wildman–Crippen LogP) is 1.30. The summed E-state index contributed by atoms with van der Waals surface area (Å²) in [6, 6.07) is 0.880. The van der Waals surface area contributed by atoms with Crippen LogP contribution in [0, 0.1) is 11.2 Å². The molecule has 0 aromatic carbocycles. The van der Waals surface area contributed by atoms with E-state index >= 15 is 0 Å². The highest BCUT2D eigenvalue weighted by Gasteiger charge is 2.20. The third kappa shape index (κ3) is 5.63. The number of sulfonamides is 1. The van der Waals surface area contributed by atoms with E-state index in [0.29, 0.717) is 6.42 Å². The number of rotatable bonds is 5. The first-order chi connectivity index (χ1) is 8.60. The summed E-state index contributed by atoms with van der Waals surface area (Å²) in [6.07, 6.45) is 1.64. The molecule has 0 fully saturated rings. The molecule has 2 N–H and O–H groups in total. The highest BCUT2D eigenvalue weighted by atomic mass is 32.2. The summed E-state index contributed by atoms with van der Waals surface area (Å²) in [5.74, 6) is -0.724. The number of halogens is 1. The van der Waals surface area contributed by atoms with Gasteiger partial charge in [-0.1, -0.05) is 20.8 Å². The first-order valence-corrected chi connectivity index (χ1v) is 7.37. The monoisotopic (exact) mass is 290 g/mol. The lowest BCUT2D eigenvalue weighted by atomic mass is 9.89. The van der Waals surface area contributed by atoms with Crippen LogP contribution in [0.4, 0.5) is 4.39 Å². The lowest BCUT2D eigenvalue weighted by Gasteiger charge is -2.22. The summed E-state index contributed by atoms with van der Waals surface area (Å²) in [5, 5.41) is 9.73. The summed E-state index contributed by atoms with van der Waals surface area (Å²) in [5.41, 5.74) is -0.106. The Morgan fingerprint density at radius 3 is 2.58 bits per heavy atom. The number of aromatic nitrogens is 1. The molecule has 0 aliphatic heterocycles. The van der Waals surface area contributed by atoms with Gasteiger partial charge in [-0.3, -0.25) is 4.98 Å². The van der Waals surface area contributed by atoms with Crippen LogP contribution in [0.25, 0.3) is 0 Å². The molecule has 0 saturated carbocycles. The van der Waals surface area contributed by atoms with E-state index < -0.39 is 21.9 Å². The van der Waals surface area contributed by atoms with Crippen LogP contribution in [0.3, 0.4) is 0 Å². The van der Waals surface area contributed by atoms with E-state index in [0.717, 1.165) is 18.5 Å². The second-order valence-electron chi connectivity index (χ2n) is 5.61. The second-order valence-corrected chi connectivity index (χ2v) is 7.38. The average molecular weight is 290 g/mol. The standard InChI is InChI=1S/C12H19FN2O3S/c1-12(2,3)5-10(16)7-15-19(17,18)11-4-9(13)6-14-8-11/h4,6,8,10,15-16H,5,7H2,1-3H3. The van der Waals surface area contributed by atoms with Crippen molar-refractivity contribution in [2.24, 2.45) is 5.41 Å². The third-order valence-corrected chi connectivity index (χ3v) is 3.74. The highest BCUT2D eigenvalue weighted by molar-refractivity contribution is 7.89. The van der Waals surface area contributed by atoms with Gasteiger partial charge < -0.3 is 5.11 Å². The summed E-state index contributed by atoms with van der Waals surface area (Å²) < 4.78 is 38.8. The maximum absolute atomic E-state index is 12.9. The minimum absolute atomic E-state index is 0.106. The largest absolute Gasteiger partial charge is 0.392 e. The summed E-state index contributed by atoms with van der Waals surface area (Å²) in [7, 11) is -3.85. The van der Waals surface area contributed by atoms with E-state index in [1.807, 2.05) is 20.8 Å². The Hall–Kier alpha value is -1.05. The zero-order chi connectivity index (χ0) is 14.7. The van der Waals surface area contributed by atoms with Gasteiger partial charge in [-0.05, 0) is 17.9 Å². The van der Waals surface area contributed by atoms with E-state index in [2.05, 4.69) is 9.71 Å². The molecule has 5 nitrogen and oxygen atoms in total. The average Bonchev–Trinajstić information content (AvgIpc) is 2.24. The number of nitrogens with zero attached hydrogens (tertiary/aromatic N) is 1. The van der Waals surface area contributed by atoms with E-state index in [4.69, 9.17) is 0 Å². The Morgan fingerprint density at radius 1 is 1.42 bits per heavy atom. The minimum Gasteiger partial charge on any atom is -0.392 e. The van der Waals surface area contributed by atoms with Crippen LogP contribution in [0.15, 0.2) is 23.4 Å². The number of hydrogen-bond donors (Lipinski definition) is 2. The van der Waals surface area contributed by atoms with Crippen LogP contribution in [0.2, 0.25) is 0 Å². The van der Waals surface area contributed by atoms with Crippen molar-refractivity contribution in [2.75, 3.05) is 6.54 Å². The van der Waals surface area contributed by atoms with E-state index in [1.54, 1.807) is 0 Å². The number of hydrogen-bond acceptors (Lipinski definition) is 4.